The Kier molecular flexibility index (Phi) is 13.6. The second-order valence-electron chi connectivity index (χ2n) is 12.0. The van der Waals surface area contributed by atoms with Crippen molar-refractivity contribution >= 4 is 17.2 Å². The molecule has 1 aliphatic rings. The van der Waals surface area contributed by atoms with E-state index in [9.17, 15) is 4.79 Å². The Bertz CT molecular complexity index is 1200. The number of carbonyl (C=O) groups is 1. The number of hydrogen-bond donors (Lipinski definition) is 3. The van der Waals surface area contributed by atoms with Crippen LogP contribution >= 0.6 is 11.3 Å². The number of aromatic nitrogens is 1. The van der Waals surface area contributed by atoms with E-state index >= 15 is 0 Å². The fourth-order valence-electron chi connectivity index (χ4n) is 5.47. The summed E-state index contributed by atoms with van der Waals surface area (Å²) in [4.78, 5) is 21.1. The summed E-state index contributed by atoms with van der Waals surface area (Å²) in [5, 5.41) is 8.68. The van der Waals surface area contributed by atoms with E-state index in [1.165, 1.54) is 11.1 Å². The molecule has 0 unspecified atom stereocenters. The minimum Gasteiger partial charge on any atom is -0.379 e. The first-order valence-electron chi connectivity index (χ1n) is 15.7. The summed E-state index contributed by atoms with van der Waals surface area (Å²) in [5.74, 6) is 0.435. The van der Waals surface area contributed by atoms with Crippen LogP contribution in [0.4, 0.5) is 0 Å². The first-order valence-corrected chi connectivity index (χ1v) is 16.6. The van der Waals surface area contributed by atoms with Crippen LogP contribution in [0.2, 0.25) is 0 Å². The van der Waals surface area contributed by atoms with Gasteiger partial charge in [0.2, 0.25) is 5.91 Å². The molecule has 0 radical (unpaired) electrons. The normalized spacial score (nSPS) is 16.3. The van der Waals surface area contributed by atoms with Crippen molar-refractivity contribution in [3.8, 4) is 0 Å². The molecule has 8 nitrogen and oxygen atoms in total. The lowest BCUT2D eigenvalue weighted by molar-refractivity contribution is -0.125. The maximum Gasteiger partial charge on any atom is 0.238 e. The Morgan fingerprint density at radius 2 is 1.65 bits per heavy atom. The molecule has 4 rings (SSSR count). The van der Waals surface area contributed by atoms with Gasteiger partial charge in [0.25, 0.3) is 0 Å². The van der Waals surface area contributed by atoms with E-state index in [1.54, 1.807) is 11.3 Å². The molecule has 3 aromatic rings. The fraction of sp³-hybridized carbons (Fsp3) is 0.529. The Balaban J connectivity index is 1.41. The number of rotatable bonds is 17. The van der Waals surface area contributed by atoms with Gasteiger partial charge in [-0.2, -0.15) is 0 Å². The largest absolute Gasteiger partial charge is 0.379 e. The average Bonchev–Trinajstić information content (AvgIpc) is 3.48. The van der Waals surface area contributed by atoms with Gasteiger partial charge in [0.1, 0.15) is 6.04 Å². The predicted molar refractivity (Wildman–Crippen MR) is 176 cm³/mol. The zero-order valence-corrected chi connectivity index (χ0v) is 26.9. The van der Waals surface area contributed by atoms with Crippen LogP contribution in [0.25, 0.3) is 0 Å². The van der Waals surface area contributed by atoms with Crippen LogP contribution in [-0.4, -0.2) is 78.8 Å². The average molecular weight is 607 g/mol. The maximum atomic E-state index is 13.9. The molecule has 1 aromatic heterocycles. The predicted octanol–water partition coefficient (Wildman–Crippen LogP) is 4.37. The van der Waals surface area contributed by atoms with Gasteiger partial charge in [0.05, 0.1) is 30.5 Å². The summed E-state index contributed by atoms with van der Waals surface area (Å²) in [6.45, 7) is 9.08. The highest BCUT2D eigenvalue weighted by atomic mass is 32.1. The number of thiazole rings is 1. The van der Waals surface area contributed by atoms with E-state index in [0.717, 1.165) is 69.2 Å². The summed E-state index contributed by atoms with van der Waals surface area (Å²) < 4.78 is 5.54. The number of nitrogens with two attached hydrogens (primary N) is 1. The number of morpholine rings is 1. The summed E-state index contributed by atoms with van der Waals surface area (Å²) in [6, 6.07) is 20.4. The quantitative estimate of drug-likeness (QED) is 0.197. The van der Waals surface area contributed by atoms with Gasteiger partial charge in [-0.25, -0.2) is 15.4 Å². The zero-order chi connectivity index (χ0) is 30.4. The number of carbonyl (C=O) groups excluding carboxylic acids is 1. The number of hydrogen-bond acceptors (Lipinski definition) is 8. The van der Waals surface area contributed by atoms with Gasteiger partial charge in [-0.3, -0.25) is 9.69 Å². The van der Waals surface area contributed by atoms with Gasteiger partial charge < -0.3 is 15.8 Å². The highest BCUT2D eigenvalue weighted by Gasteiger charge is 2.25. The monoisotopic (exact) mass is 606 g/mol. The molecular formula is C34H50N6O2S. The van der Waals surface area contributed by atoms with Crippen molar-refractivity contribution in [3.63, 3.8) is 0 Å². The second kappa shape index (κ2) is 17.6. The second-order valence-corrected chi connectivity index (χ2v) is 12.9. The SMILES string of the molecule is CC(C)c1nc(CN(C)N[C@@H](CCN2CCOCC2)C(=O)N[C@H](CC[C@@H](N)Cc2ccccc2)Cc2ccccc2)cs1. The number of nitrogens with zero attached hydrogens (tertiary/aromatic N) is 3. The summed E-state index contributed by atoms with van der Waals surface area (Å²) in [6.07, 6.45) is 3.96. The number of nitrogens with one attached hydrogen (secondary N) is 2. The number of hydrazine groups is 1. The van der Waals surface area contributed by atoms with Crippen molar-refractivity contribution < 1.29 is 9.53 Å². The van der Waals surface area contributed by atoms with E-state index in [2.05, 4.69) is 83.4 Å². The molecule has 234 valence electrons. The molecule has 4 N–H and O–H groups in total. The summed E-state index contributed by atoms with van der Waals surface area (Å²) >= 11 is 1.70. The Morgan fingerprint density at radius 1 is 1.00 bits per heavy atom. The Hall–Kier alpha value is -2.66. The third-order valence-corrected chi connectivity index (χ3v) is 9.09. The molecule has 43 heavy (non-hydrogen) atoms. The smallest absolute Gasteiger partial charge is 0.238 e. The Labute approximate surface area is 262 Å². The number of benzene rings is 2. The first-order chi connectivity index (χ1) is 20.9. The van der Waals surface area contributed by atoms with E-state index in [0.29, 0.717) is 18.9 Å². The topological polar surface area (TPSA) is 95.8 Å². The molecule has 1 fully saturated rings. The standard InChI is InChI=1S/C34H50N6O2S/c1-26(2)34-37-31(25-43-34)24-39(3)38-32(16-17-40-18-20-42-21-19-40)33(41)36-30(23-28-12-8-5-9-13-28)15-14-29(35)22-27-10-6-4-7-11-27/h4-13,25-26,29-30,32,38H,14-24,35H2,1-3H3,(H,36,41)/t29-,30-,32+/m1/s1. The van der Waals surface area contributed by atoms with Crippen LogP contribution in [0.3, 0.4) is 0 Å². The van der Waals surface area contributed by atoms with E-state index in [4.69, 9.17) is 15.5 Å². The highest BCUT2D eigenvalue weighted by molar-refractivity contribution is 7.09. The summed E-state index contributed by atoms with van der Waals surface area (Å²) in [5.41, 5.74) is 13.6. The molecule has 1 aliphatic heterocycles. The van der Waals surface area contributed by atoms with Gasteiger partial charge in [-0.05, 0) is 43.2 Å². The molecule has 1 amide bonds. The van der Waals surface area contributed by atoms with Crippen LogP contribution in [-0.2, 0) is 28.9 Å². The van der Waals surface area contributed by atoms with Gasteiger partial charge in [0, 0.05) is 50.1 Å². The minimum absolute atomic E-state index is 0.0122. The molecule has 2 aromatic carbocycles. The number of amides is 1. The van der Waals surface area contributed by atoms with Crippen molar-refractivity contribution in [1.29, 1.82) is 0 Å². The molecule has 0 saturated carbocycles. The molecule has 3 atom stereocenters. The van der Waals surface area contributed by atoms with Gasteiger partial charge >= 0.3 is 0 Å². The van der Waals surface area contributed by atoms with Crippen molar-refractivity contribution in [1.82, 2.24) is 25.6 Å². The van der Waals surface area contributed by atoms with Crippen LogP contribution in [0, 0.1) is 0 Å². The zero-order valence-electron chi connectivity index (χ0n) is 26.1. The van der Waals surface area contributed by atoms with Crippen LogP contribution in [0.15, 0.2) is 66.0 Å². The molecule has 0 bridgehead atoms. The van der Waals surface area contributed by atoms with Crippen molar-refractivity contribution in [3.05, 3.63) is 87.9 Å². The van der Waals surface area contributed by atoms with Crippen LogP contribution in [0.5, 0.6) is 0 Å². The van der Waals surface area contributed by atoms with Crippen LogP contribution < -0.4 is 16.5 Å². The van der Waals surface area contributed by atoms with Crippen molar-refractivity contribution in [2.45, 2.75) is 76.5 Å². The molecule has 2 heterocycles. The molecular weight excluding hydrogens is 556 g/mol. The lowest BCUT2D eigenvalue weighted by Crippen LogP contribution is -2.54. The third kappa shape index (κ3) is 11.7. The fourth-order valence-corrected chi connectivity index (χ4v) is 6.29. The third-order valence-electron chi connectivity index (χ3n) is 7.89. The minimum atomic E-state index is -0.368. The van der Waals surface area contributed by atoms with Crippen LogP contribution in [0.1, 0.15) is 60.9 Å². The lowest BCUT2D eigenvalue weighted by atomic mass is 9.96. The highest BCUT2D eigenvalue weighted by Crippen LogP contribution is 2.20. The van der Waals surface area contributed by atoms with E-state index < -0.39 is 0 Å². The lowest BCUT2D eigenvalue weighted by Gasteiger charge is -2.31. The molecule has 0 spiro atoms. The maximum absolute atomic E-state index is 13.9. The first kappa shape index (κ1) is 33.2. The number of ether oxygens (including phenoxy) is 1. The summed E-state index contributed by atoms with van der Waals surface area (Å²) in [7, 11) is 1.99. The molecule has 9 heteroatoms. The van der Waals surface area contributed by atoms with E-state index in [1.807, 2.05) is 24.2 Å². The van der Waals surface area contributed by atoms with Gasteiger partial charge in [-0.15, -0.1) is 11.3 Å². The van der Waals surface area contributed by atoms with Gasteiger partial charge in [0.15, 0.2) is 0 Å². The van der Waals surface area contributed by atoms with E-state index in [-0.39, 0.29) is 24.0 Å². The van der Waals surface area contributed by atoms with Crippen molar-refractivity contribution in [2.24, 2.45) is 5.73 Å². The molecule has 0 aliphatic carbocycles. The molecule has 1 saturated heterocycles. The Morgan fingerprint density at radius 3 is 2.28 bits per heavy atom. The van der Waals surface area contributed by atoms with Gasteiger partial charge in [-0.1, -0.05) is 74.5 Å². The van der Waals surface area contributed by atoms with Crippen molar-refractivity contribution in [2.75, 3.05) is 39.9 Å².